The maximum absolute atomic E-state index is 11.8. The number of aryl methyl sites for hydroxylation is 1. The molecule has 1 aromatic rings. The van der Waals surface area contributed by atoms with Gasteiger partial charge in [0.05, 0.1) is 12.7 Å². The van der Waals surface area contributed by atoms with Crippen molar-refractivity contribution >= 4 is 17.1 Å². The number of Topliss-reactive ketones (excluding diaryl/α,β-unsaturated/α-hetero) is 1. The molecule has 2 rings (SSSR count). The van der Waals surface area contributed by atoms with E-state index in [0.717, 1.165) is 12.8 Å². The first-order valence-corrected chi connectivity index (χ1v) is 6.30. The summed E-state index contributed by atoms with van der Waals surface area (Å²) < 4.78 is 5.41. The number of carbonyl (C=O) groups excluding carboxylic acids is 1. The first-order chi connectivity index (χ1) is 7.25. The third-order valence-corrected chi connectivity index (χ3v) is 3.79. The lowest BCUT2D eigenvalue weighted by Crippen LogP contribution is -2.14. The maximum atomic E-state index is 11.8. The fourth-order valence-corrected chi connectivity index (χ4v) is 2.66. The van der Waals surface area contributed by atoms with E-state index >= 15 is 0 Å². The third-order valence-electron chi connectivity index (χ3n) is 2.85. The molecule has 0 N–H and O–H groups in total. The van der Waals surface area contributed by atoms with Gasteiger partial charge in [0.15, 0.2) is 0 Å². The molecule has 3 heteroatoms. The molecule has 1 fully saturated rings. The molecule has 0 amide bonds. The molecule has 2 unspecified atom stereocenters. The van der Waals surface area contributed by atoms with E-state index in [9.17, 15) is 4.79 Å². The van der Waals surface area contributed by atoms with Crippen molar-refractivity contribution in [3.8, 4) is 0 Å². The van der Waals surface area contributed by atoms with Gasteiger partial charge in [0.2, 0.25) is 0 Å². The van der Waals surface area contributed by atoms with Crippen LogP contribution in [0.3, 0.4) is 0 Å². The third kappa shape index (κ3) is 2.89. The molecule has 0 aliphatic carbocycles. The van der Waals surface area contributed by atoms with Crippen LogP contribution in [0.4, 0.5) is 0 Å². The van der Waals surface area contributed by atoms with Crippen molar-refractivity contribution < 1.29 is 9.53 Å². The molecular formula is C12H16O2S. The van der Waals surface area contributed by atoms with Gasteiger partial charge in [-0.15, -0.1) is 11.3 Å². The minimum absolute atomic E-state index is 0.153. The van der Waals surface area contributed by atoms with E-state index in [4.69, 9.17) is 4.74 Å². The summed E-state index contributed by atoms with van der Waals surface area (Å²) in [7, 11) is 0. The van der Waals surface area contributed by atoms with Crippen LogP contribution < -0.4 is 0 Å². The van der Waals surface area contributed by atoms with Crippen LogP contribution in [0, 0.1) is 5.92 Å². The summed E-state index contributed by atoms with van der Waals surface area (Å²) in [6.45, 7) is 2.66. The lowest BCUT2D eigenvalue weighted by Gasteiger charge is -2.05. The molecule has 0 saturated carbocycles. The van der Waals surface area contributed by atoms with E-state index in [1.165, 1.54) is 4.88 Å². The summed E-state index contributed by atoms with van der Waals surface area (Å²) >= 11 is 1.72. The number of hydrogen-bond donors (Lipinski definition) is 0. The highest BCUT2D eigenvalue weighted by Gasteiger charge is 2.27. The number of rotatable bonds is 4. The molecule has 1 saturated heterocycles. The van der Waals surface area contributed by atoms with E-state index in [1.807, 2.05) is 13.0 Å². The van der Waals surface area contributed by atoms with Gasteiger partial charge < -0.3 is 4.74 Å². The summed E-state index contributed by atoms with van der Waals surface area (Å²) in [5.41, 5.74) is 0. The van der Waals surface area contributed by atoms with Crippen LogP contribution in [0.5, 0.6) is 0 Å². The fourth-order valence-electron chi connectivity index (χ4n) is 1.95. The average Bonchev–Trinajstić information content (AvgIpc) is 2.84. The number of ether oxygens (including phenoxy) is 1. The number of carbonyl (C=O) groups is 1. The molecule has 1 aliphatic heterocycles. The van der Waals surface area contributed by atoms with E-state index in [-0.39, 0.29) is 12.0 Å². The Hall–Kier alpha value is -0.670. The number of ketones is 1. The molecule has 1 aliphatic rings. The van der Waals surface area contributed by atoms with Gasteiger partial charge in [-0.2, -0.15) is 0 Å². The van der Waals surface area contributed by atoms with Crippen LogP contribution in [0.1, 0.15) is 24.6 Å². The number of thiophene rings is 1. The fraction of sp³-hybridized carbons (Fsp3) is 0.583. The average molecular weight is 224 g/mol. The quantitative estimate of drug-likeness (QED) is 0.786. The molecule has 0 spiro atoms. The molecule has 2 nitrogen and oxygen atoms in total. The minimum atomic E-state index is 0.153. The highest BCUT2D eigenvalue weighted by atomic mass is 32.1. The van der Waals surface area contributed by atoms with Crippen molar-refractivity contribution in [3.05, 3.63) is 22.4 Å². The normalized spacial score (nSPS) is 25.7. The SMILES string of the molecule is CC1CC(C(=O)CCc2cccs2)CO1. The van der Waals surface area contributed by atoms with Crippen molar-refractivity contribution in [2.45, 2.75) is 32.3 Å². The van der Waals surface area contributed by atoms with Crippen LogP contribution in [0.15, 0.2) is 17.5 Å². The second kappa shape index (κ2) is 4.90. The molecule has 15 heavy (non-hydrogen) atoms. The van der Waals surface area contributed by atoms with Gasteiger partial charge in [0.1, 0.15) is 5.78 Å². The Morgan fingerprint density at radius 1 is 1.67 bits per heavy atom. The highest BCUT2D eigenvalue weighted by Crippen LogP contribution is 2.22. The minimum Gasteiger partial charge on any atom is -0.378 e. The molecule has 2 heterocycles. The van der Waals surface area contributed by atoms with E-state index in [1.54, 1.807) is 11.3 Å². The lowest BCUT2D eigenvalue weighted by atomic mass is 9.97. The largest absolute Gasteiger partial charge is 0.378 e. The summed E-state index contributed by atoms with van der Waals surface area (Å²) in [5.74, 6) is 0.521. The first kappa shape index (κ1) is 10.8. The molecular weight excluding hydrogens is 208 g/mol. The highest BCUT2D eigenvalue weighted by molar-refractivity contribution is 7.09. The monoisotopic (exact) mass is 224 g/mol. The van der Waals surface area contributed by atoms with Gasteiger partial charge in [-0.1, -0.05) is 6.07 Å². The van der Waals surface area contributed by atoms with Crippen LogP contribution in [0.2, 0.25) is 0 Å². The van der Waals surface area contributed by atoms with Gasteiger partial charge in [0.25, 0.3) is 0 Å². The van der Waals surface area contributed by atoms with Crippen molar-refractivity contribution in [2.75, 3.05) is 6.61 Å². The Bertz CT molecular complexity index is 318. The smallest absolute Gasteiger partial charge is 0.138 e. The lowest BCUT2D eigenvalue weighted by molar-refractivity contribution is -0.122. The molecule has 2 atom stereocenters. The van der Waals surface area contributed by atoms with Crippen molar-refractivity contribution in [1.82, 2.24) is 0 Å². The zero-order valence-corrected chi connectivity index (χ0v) is 9.76. The standard InChI is InChI=1S/C12H16O2S/c1-9-7-10(8-14-9)12(13)5-4-11-3-2-6-15-11/h2-3,6,9-10H,4-5,7-8H2,1H3. The van der Waals surface area contributed by atoms with Gasteiger partial charge in [-0.3, -0.25) is 4.79 Å². The first-order valence-electron chi connectivity index (χ1n) is 5.42. The molecule has 82 valence electrons. The second-order valence-corrected chi connectivity index (χ2v) is 5.15. The van der Waals surface area contributed by atoms with Gasteiger partial charge >= 0.3 is 0 Å². The molecule has 0 radical (unpaired) electrons. The Morgan fingerprint density at radius 2 is 2.53 bits per heavy atom. The van der Waals surface area contributed by atoms with Gasteiger partial charge in [-0.05, 0) is 31.2 Å². The van der Waals surface area contributed by atoms with Crippen molar-refractivity contribution in [2.24, 2.45) is 5.92 Å². The zero-order chi connectivity index (χ0) is 10.7. The van der Waals surface area contributed by atoms with E-state index < -0.39 is 0 Å². The topological polar surface area (TPSA) is 26.3 Å². The van der Waals surface area contributed by atoms with Crippen LogP contribution in [-0.4, -0.2) is 18.5 Å². The second-order valence-electron chi connectivity index (χ2n) is 4.12. The van der Waals surface area contributed by atoms with Crippen LogP contribution >= 0.6 is 11.3 Å². The Labute approximate surface area is 94.3 Å². The molecule has 0 aromatic carbocycles. The van der Waals surface area contributed by atoms with Gasteiger partial charge in [-0.25, -0.2) is 0 Å². The maximum Gasteiger partial charge on any atom is 0.138 e. The van der Waals surface area contributed by atoms with Crippen molar-refractivity contribution in [3.63, 3.8) is 0 Å². The molecule has 0 bridgehead atoms. The van der Waals surface area contributed by atoms with Gasteiger partial charge in [0, 0.05) is 17.2 Å². The summed E-state index contributed by atoms with van der Waals surface area (Å²) in [6, 6.07) is 4.12. The Balaban J connectivity index is 1.78. The summed E-state index contributed by atoms with van der Waals surface area (Å²) in [4.78, 5) is 13.1. The van der Waals surface area contributed by atoms with Crippen molar-refractivity contribution in [1.29, 1.82) is 0 Å². The van der Waals surface area contributed by atoms with Crippen LogP contribution in [-0.2, 0) is 16.0 Å². The number of hydrogen-bond acceptors (Lipinski definition) is 3. The molecule has 1 aromatic heterocycles. The predicted octanol–water partition coefficient (Wildman–Crippen LogP) is 2.67. The summed E-state index contributed by atoms with van der Waals surface area (Å²) in [5, 5.41) is 2.06. The van der Waals surface area contributed by atoms with E-state index in [2.05, 4.69) is 11.4 Å². The summed E-state index contributed by atoms with van der Waals surface area (Å²) in [6.07, 6.45) is 2.73. The van der Waals surface area contributed by atoms with E-state index in [0.29, 0.717) is 18.8 Å². The predicted molar refractivity (Wildman–Crippen MR) is 61.2 cm³/mol. The van der Waals surface area contributed by atoms with Crippen LogP contribution in [0.25, 0.3) is 0 Å². The zero-order valence-electron chi connectivity index (χ0n) is 8.94. The Kier molecular flexibility index (Phi) is 3.54. The Morgan fingerprint density at radius 3 is 3.13 bits per heavy atom.